The Bertz CT molecular complexity index is 579. The second kappa shape index (κ2) is 3.64. The van der Waals surface area contributed by atoms with Crippen LogP contribution in [-0.4, -0.2) is 12.1 Å². The number of nitrogens with one attached hydrogen (secondary N) is 1. The third-order valence-corrected chi connectivity index (χ3v) is 3.56. The molecule has 2 heteroatoms. The number of benzene rings is 1. The van der Waals surface area contributed by atoms with Crippen LogP contribution in [0.5, 0.6) is 5.75 Å². The Hall–Kier alpha value is -1.70. The summed E-state index contributed by atoms with van der Waals surface area (Å²) in [5.74, 6) is 1.02. The van der Waals surface area contributed by atoms with Crippen LogP contribution in [0.25, 0.3) is 11.6 Å². The Kier molecular flexibility index (Phi) is 2.31. The fraction of sp³-hybridized carbons (Fsp3) is 0.375. The van der Waals surface area contributed by atoms with Crippen LogP contribution in [-0.2, 0) is 0 Å². The molecule has 0 aromatic heterocycles. The Morgan fingerprint density at radius 3 is 2.83 bits per heavy atom. The number of hydrogen-bond acceptors (Lipinski definition) is 2. The van der Waals surface area contributed by atoms with Crippen LogP contribution in [0.3, 0.4) is 0 Å². The highest BCUT2D eigenvalue weighted by molar-refractivity contribution is 5.89. The summed E-state index contributed by atoms with van der Waals surface area (Å²) in [7, 11) is 0. The minimum Gasteiger partial charge on any atom is -0.489 e. The lowest BCUT2D eigenvalue weighted by atomic mass is 9.87. The average Bonchev–Trinajstić information content (AvgIpc) is 2.31. The van der Waals surface area contributed by atoms with Crippen molar-refractivity contribution in [2.75, 3.05) is 11.9 Å². The molecular weight excluding hydrogens is 222 g/mol. The molecule has 2 heterocycles. The molecule has 0 saturated heterocycles. The van der Waals surface area contributed by atoms with Crippen molar-refractivity contribution in [3.8, 4) is 5.75 Å². The lowest BCUT2D eigenvalue weighted by molar-refractivity contribution is 0.356. The molecule has 0 atom stereocenters. The lowest BCUT2D eigenvalue weighted by Gasteiger charge is -2.34. The van der Waals surface area contributed by atoms with E-state index in [4.69, 9.17) is 4.74 Å². The summed E-state index contributed by atoms with van der Waals surface area (Å²) in [5.41, 5.74) is 6.22. The Morgan fingerprint density at radius 2 is 2.06 bits per heavy atom. The van der Waals surface area contributed by atoms with Crippen LogP contribution < -0.4 is 10.1 Å². The molecule has 0 aliphatic carbocycles. The largest absolute Gasteiger partial charge is 0.489 e. The van der Waals surface area contributed by atoms with E-state index in [0.29, 0.717) is 6.61 Å². The highest BCUT2D eigenvalue weighted by Crippen LogP contribution is 2.43. The van der Waals surface area contributed by atoms with Crippen LogP contribution in [0.1, 0.15) is 37.5 Å². The number of ether oxygens (including phenoxy) is 1. The molecule has 94 valence electrons. The van der Waals surface area contributed by atoms with Gasteiger partial charge in [0.2, 0.25) is 0 Å². The summed E-state index contributed by atoms with van der Waals surface area (Å²) in [5, 5.41) is 3.61. The van der Waals surface area contributed by atoms with Gasteiger partial charge < -0.3 is 10.1 Å². The molecule has 0 spiro atoms. The van der Waals surface area contributed by atoms with Gasteiger partial charge in [-0.05, 0) is 57.0 Å². The van der Waals surface area contributed by atoms with E-state index >= 15 is 0 Å². The predicted octanol–water partition coefficient (Wildman–Crippen LogP) is 4.01. The standard InChI is InChI=1S/C16H19NO/c1-10-8-13-11(2)9-16(3,4)17-14(13)12-6-5-7-18-15(10)12/h5-6,8-9,17H,7H2,1-4H3. The van der Waals surface area contributed by atoms with Crippen molar-refractivity contribution < 1.29 is 4.74 Å². The summed E-state index contributed by atoms with van der Waals surface area (Å²) in [6.45, 7) is 9.36. The van der Waals surface area contributed by atoms with Gasteiger partial charge in [0.1, 0.15) is 12.4 Å². The second-order valence-corrected chi connectivity index (χ2v) is 5.75. The normalized spacial score (nSPS) is 19.2. The summed E-state index contributed by atoms with van der Waals surface area (Å²) >= 11 is 0. The predicted molar refractivity (Wildman–Crippen MR) is 77.1 cm³/mol. The first-order chi connectivity index (χ1) is 8.48. The molecule has 2 aliphatic rings. The van der Waals surface area contributed by atoms with E-state index in [-0.39, 0.29) is 5.54 Å². The maximum Gasteiger partial charge on any atom is 0.132 e. The van der Waals surface area contributed by atoms with Gasteiger partial charge in [-0.2, -0.15) is 0 Å². The summed E-state index contributed by atoms with van der Waals surface area (Å²) in [6, 6.07) is 2.22. The van der Waals surface area contributed by atoms with Gasteiger partial charge in [-0.1, -0.05) is 6.08 Å². The Labute approximate surface area is 108 Å². The first-order valence-corrected chi connectivity index (χ1v) is 6.43. The molecule has 0 fully saturated rings. The number of fused-ring (bicyclic) bond motifs is 3. The quantitative estimate of drug-likeness (QED) is 0.741. The van der Waals surface area contributed by atoms with E-state index in [1.54, 1.807) is 0 Å². The van der Waals surface area contributed by atoms with E-state index in [9.17, 15) is 0 Å². The van der Waals surface area contributed by atoms with Gasteiger partial charge in [0.15, 0.2) is 0 Å². The summed E-state index contributed by atoms with van der Waals surface area (Å²) < 4.78 is 5.78. The van der Waals surface area contributed by atoms with Crippen LogP contribution >= 0.6 is 0 Å². The third-order valence-electron chi connectivity index (χ3n) is 3.56. The Morgan fingerprint density at radius 1 is 1.28 bits per heavy atom. The third kappa shape index (κ3) is 1.64. The topological polar surface area (TPSA) is 21.3 Å². The molecule has 0 amide bonds. The molecule has 1 aromatic rings. The number of anilines is 1. The van der Waals surface area contributed by atoms with Crippen LogP contribution in [0.15, 0.2) is 18.2 Å². The molecule has 18 heavy (non-hydrogen) atoms. The van der Waals surface area contributed by atoms with Crippen LogP contribution in [0.2, 0.25) is 0 Å². The Balaban J connectivity index is 2.29. The van der Waals surface area contributed by atoms with Gasteiger partial charge in [-0.25, -0.2) is 0 Å². The van der Waals surface area contributed by atoms with Gasteiger partial charge in [0.25, 0.3) is 0 Å². The first-order valence-electron chi connectivity index (χ1n) is 6.43. The molecule has 1 aromatic carbocycles. The maximum atomic E-state index is 5.78. The summed E-state index contributed by atoms with van der Waals surface area (Å²) in [6.07, 6.45) is 6.53. The van der Waals surface area contributed by atoms with Crippen molar-refractivity contribution in [3.63, 3.8) is 0 Å². The van der Waals surface area contributed by atoms with Crippen LogP contribution in [0, 0.1) is 6.92 Å². The van der Waals surface area contributed by atoms with Gasteiger partial charge >= 0.3 is 0 Å². The highest BCUT2D eigenvalue weighted by atomic mass is 16.5. The fourth-order valence-corrected chi connectivity index (χ4v) is 2.90. The fourth-order valence-electron chi connectivity index (χ4n) is 2.90. The number of hydrogen-bond donors (Lipinski definition) is 1. The zero-order chi connectivity index (χ0) is 12.9. The second-order valence-electron chi connectivity index (χ2n) is 5.75. The van der Waals surface area contributed by atoms with E-state index in [2.05, 4.69) is 57.3 Å². The molecule has 2 aliphatic heterocycles. The first kappa shape index (κ1) is 11.4. The molecule has 1 N–H and O–H groups in total. The van der Waals surface area contributed by atoms with Crippen molar-refractivity contribution in [1.82, 2.24) is 0 Å². The minimum absolute atomic E-state index is 0.00853. The zero-order valence-electron chi connectivity index (χ0n) is 11.4. The molecule has 3 rings (SSSR count). The average molecular weight is 241 g/mol. The van der Waals surface area contributed by atoms with Crippen molar-refractivity contribution in [2.45, 2.75) is 33.2 Å². The van der Waals surface area contributed by atoms with E-state index in [1.807, 2.05) is 0 Å². The van der Waals surface area contributed by atoms with Gasteiger partial charge in [-0.15, -0.1) is 0 Å². The molecule has 0 bridgehead atoms. The molecule has 0 saturated carbocycles. The number of rotatable bonds is 0. The van der Waals surface area contributed by atoms with E-state index in [0.717, 1.165) is 5.75 Å². The lowest BCUT2D eigenvalue weighted by Crippen LogP contribution is -2.32. The monoisotopic (exact) mass is 241 g/mol. The maximum absolute atomic E-state index is 5.78. The van der Waals surface area contributed by atoms with Gasteiger partial charge in [0, 0.05) is 11.1 Å². The van der Waals surface area contributed by atoms with E-state index < -0.39 is 0 Å². The molecular formula is C16H19NO. The zero-order valence-corrected chi connectivity index (χ0v) is 11.4. The van der Waals surface area contributed by atoms with Gasteiger partial charge in [-0.3, -0.25) is 0 Å². The van der Waals surface area contributed by atoms with Crippen LogP contribution in [0.4, 0.5) is 5.69 Å². The molecule has 0 radical (unpaired) electrons. The van der Waals surface area contributed by atoms with Crippen molar-refractivity contribution in [1.29, 1.82) is 0 Å². The molecule has 0 unspecified atom stereocenters. The number of allylic oxidation sites excluding steroid dienone is 1. The van der Waals surface area contributed by atoms with Crippen molar-refractivity contribution >= 4 is 17.3 Å². The smallest absolute Gasteiger partial charge is 0.132 e. The summed E-state index contributed by atoms with van der Waals surface area (Å²) in [4.78, 5) is 0. The van der Waals surface area contributed by atoms with Gasteiger partial charge in [0.05, 0.1) is 11.2 Å². The minimum atomic E-state index is -0.00853. The molecule has 2 nitrogen and oxygen atoms in total. The number of aryl methyl sites for hydroxylation is 1. The van der Waals surface area contributed by atoms with E-state index in [1.165, 1.54) is 28.0 Å². The highest BCUT2D eigenvalue weighted by Gasteiger charge is 2.27. The SMILES string of the molecule is CC1=CC(C)(C)Nc2c1cc(C)c1c2C=CCO1. The van der Waals surface area contributed by atoms with Crippen molar-refractivity contribution in [2.24, 2.45) is 0 Å². The van der Waals surface area contributed by atoms with Crippen molar-refractivity contribution in [3.05, 3.63) is 34.9 Å².